The Kier molecular flexibility index (Phi) is 3.52. The second-order valence-corrected chi connectivity index (χ2v) is 6.09. The topological polar surface area (TPSA) is 32.3 Å². The zero-order valence-electron chi connectivity index (χ0n) is 10.9. The lowest BCUT2D eigenvalue weighted by Gasteiger charge is -2.31. The lowest BCUT2D eigenvalue weighted by atomic mass is 9.92. The highest BCUT2D eigenvalue weighted by atomic mass is 79.9. The lowest BCUT2D eigenvalue weighted by molar-refractivity contribution is 0.211. The van der Waals surface area contributed by atoms with E-state index in [4.69, 9.17) is 0 Å². The van der Waals surface area contributed by atoms with Gasteiger partial charge in [0.1, 0.15) is 5.82 Å². The second kappa shape index (κ2) is 5.19. The van der Waals surface area contributed by atoms with Gasteiger partial charge in [0.25, 0.3) is 0 Å². The Bertz CT molecular complexity index is 629. The van der Waals surface area contributed by atoms with Gasteiger partial charge in [-0.2, -0.15) is 0 Å². The highest BCUT2D eigenvalue weighted by Gasteiger charge is 2.38. The standard InChI is InChI=1S/C16H15BrFNO/c17-12-1-4-14(5-2-12)19-16(10-20)8-7-11-9-13(18)3-6-15(11)16/h1-6,9,19-20H,7-8,10H2. The Balaban J connectivity index is 1.96. The van der Waals surface area contributed by atoms with Crippen molar-refractivity contribution in [1.82, 2.24) is 0 Å². The summed E-state index contributed by atoms with van der Waals surface area (Å²) in [7, 11) is 0. The Labute approximate surface area is 125 Å². The van der Waals surface area contributed by atoms with Crippen LogP contribution in [0.15, 0.2) is 46.9 Å². The number of nitrogens with one attached hydrogen (secondary N) is 1. The molecule has 0 bridgehead atoms. The van der Waals surface area contributed by atoms with Crippen LogP contribution in [0.2, 0.25) is 0 Å². The van der Waals surface area contributed by atoms with E-state index in [0.717, 1.165) is 34.1 Å². The molecule has 0 heterocycles. The van der Waals surface area contributed by atoms with Crippen LogP contribution in [0, 0.1) is 5.82 Å². The average molecular weight is 336 g/mol. The van der Waals surface area contributed by atoms with Crippen molar-refractivity contribution in [2.45, 2.75) is 18.4 Å². The van der Waals surface area contributed by atoms with E-state index < -0.39 is 5.54 Å². The Morgan fingerprint density at radius 3 is 2.65 bits per heavy atom. The summed E-state index contributed by atoms with van der Waals surface area (Å²) in [5.74, 6) is -0.221. The van der Waals surface area contributed by atoms with Crippen LogP contribution in [0.25, 0.3) is 0 Å². The number of aryl methyl sites for hydroxylation is 1. The molecule has 2 aromatic carbocycles. The molecule has 0 spiro atoms. The smallest absolute Gasteiger partial charge is 0.123 e. The maximum Gasteiger partial charge on any atom is 0.123 e. The number of anilines is 1. The fraction of sp³-hybridized carbons (Fsp3) is 0.250. The molecule has 2 N–H and O–H groups in total. The molecule has 2 nitrogen and oxygen atoms in total. The molecule has 3 rings (SSSR count). The molecular weight excluding hydrogens is 321 g/mol. The van der Waals surface area contributed by atoms with Crippen LogP contribution in [0.4, 0.5) is 10.1 Å². The van der Waals surface area contributed by atoms with Gasteiger partial charge in [0.15, 0.2) is 0 Å². The molecule has 4 heteroatoms. The molecule has 104 valence electrons. The van der Waals surface area contributed by atoms with Crippen molar-refractivity contribution in [2.75, 3.05) is 11.9 Å². The molecule has 0 aromatic heterocycles. The first-order valence-electron chi connectivity index (χ1n) is 6.56. The van der Waals surface area contributed by atoms with Gasteiger partial charge in [-0.1, -0.05) is 22.0 Å². The van der Waals surface area contributed by atoms with E-state index in [1.54, 1.807) is 12.1 Å². The minimum absolute atomic E-state index is 0.0122. The SMILES string of the molecule is OCC1(Nc2ccc(Br)cc2)CCc2cc(F)ccc21. The van der Waals surface area contributed by atoms with E-state index in [0.29, 0.717) is 0 Å². The molecule has 0 radical (unpaired) electrons. The average Bonchev–Trinajstić information content (AvgIpc) is 2.80. The third-order valence-electron chi connectivity index (χ3n) is 3.90. The monoisotopic (exact) mass is 335 g/mol. The van der Waals surface area contributed by atoms with Gasteiger partial charge in [-0.3, -0.25) is 0 Å². The fourth-order valence-electron chi connectivity index (χ4n) is 2.86. The van der Waals surface area contributed by atoms with Crippen molar-refractivity contribution < 1.29 is 9.50 Å². The number of hydrogen-bond donors (Lipinski definition) is 2. The molecule has 20 heavy (non-hydrogen) atoms. The van der Waals surface area contributed by atoms with E-state index in [-0.39, 0.29) is 12.4 Å². The van der Waals surface area contributed by atoms with E-state index >= 15 is 0 Å². The predicted octanol–water partition coefficient (Wildman–Crippen LogP) is 3.83. The summed E-state index contributed by atoms with van der Waals surface area (Å²) >= 11 is 3.40. The minimum atomic E-state index is -0.517. The number of halogens is 2. The van der Waals surface area contributed by atoms with Gasteiger partial charge in [-0.15, -0.1) is 0 Å². The number of rotatable bonds is 3. The molecule has 1 aliphatic rings. The fourth-order valence-corrected chi connectivity index (χ4v) is 3.13. The number of fused-ring (bicyclic) bond motifs is 1. The van der Waals surface area contributed by atoms with Gasteiger partial charge in [0.05, 0.1) is 12.1 Å². The molecule has 0 saturated heterocycles. The molecule has 0 saturated carbocycles. The van der Waals surface area contributed by atoms with E-state index in [1.807, 2.05) is 24.3 Å². The summed E-state index contributed by atoms with van der Waals surface area (Å²) < 4.78 is 14.3. The van der Waals surface area contributed by atoms with Crippen molar-refractivity contribution in [3.63, 3.8) is 0 Å². The maximum absolute atomic E-state index is 13.3. The van der Waals surface area contributed by atoms with Crippen LogP contribution >= 0.6 is 15.9 Å². The van der Waals surface area contributed by atoms with Gasteiger partial charge < -0.3 is 10.4 Å². The molecule has 1 atom stereocenters. The predicted molar refractivity (Wildman–Crippen MR) is 81.2 cm³/mol. The van der Waals surface area contributed by atoms with Crippen LogP contribution in [0.3, 0.4) is 0 Å². The van der Waals surface area contributed by atoms with Crippen molar-refractivity contribution in [3.05, 3.63) is 63.9 Å². The van der Waals surface area contributed by atoms with Gasteiger partial charge in [0, 0.05) is 10.2 Å². The summed E-state index contributed by atoms with van der Waals surface area (Å²) in [5.41, 5.74) is 2.39. The van der Waals surface area contributed by atoms with Crippen LogP contribution < -0.4 is 5.32 Å². The summed E-state index contributed by atoms with van der Waals surface area (Å²) in [6.07, 6.45) is 1.54. The molecule has 1 unspecified atom stereocenters. The Morgan fingerprint density at radius 1 is 1.20 bits per heavy atom. The van der Waals surface area contributed by atoms with Crippen LogP contribution in [-0.4, -0.2) is 11.7 Å². The van der Waals surface area contributed by atoms with Crippen molar-refractivity contribution in [3.8, 4) is 0 Å². The molecule has 2 aromatic rings. The van der Waals surface area contributed by atoms with Crippen LogP contribution in [0.5, 0.6) is 0 Å². The van der Waals surface area contributed by atoms with Crippen molar-refractivity contribution in [1.29, 1.82) is 0 Å². The Morgan fingerprint density at radius 2 is 1.95 bits per heavy atom. The molecule has 1 aliphatic carbocycles. The van der Waals surface area contributed by atoms with Crippen LogP contribution in [-0.2, 0) is 12.0 Å². The quantitative estimate of drug-likeness (QED) is 0.893. The van der Waals surface area contributed by atoms with Gasteiger partial charge in [-0.25, -0.2) is 4.39 Å². The normalized spacial score (nSPS) is 20.8. The van der Waals surface area contributed by atoms with E-state index in [2.05, 4.69) is 21.2 Å². The summed E-state index contributed by atoms with van der Waals surface area (Å²) in [6.45, 7) is -0.0122. The Hall–Kier alpha value is -1.39. The summed E-state index contributed by atoms with van der Waals surface area (Å²) in [6, 6.07) is 12.6. The zero-order valence-corrected chi connectivity index (χ0v) is 12.5. The van der Waals surface area contributed by atoms with Crippen LogP contribution in [0.1, 0.15) is 17.5 Å². The number of hydrogen-bond acceptors (Lipinski definition) is 2. The lowest BCUT2D eigenvalue weighted by Crippen LogP contribution is -2.36. The summed E-state index contributed by atoms with van der Waals surface area (Å²) in [4.78, 5) is 0. The summed E-state index contributed by atoms with van der Waals surface area (Å²) in [5, 5.41) is 13.3. The van der Waals surface area contributed by atoms with Gasteiger partial charge >= 0.3 is 0 Å². The largest absolute Gasteiger partial charge is 0.394 e. The number of aliphatic hydroxyl groups excluding tert-OH is 1. The van der Waals surface area contributed by atoms with E-state index in [9.17, 15) is 9.50 Å². The van der Waals surface area contributed by atoms with Crippen molar-refractivity contribution >= 4 is 21.6 Å². The number of benzene rings is 2. The zero-order chi connectivity index (χ0) is 14.2. The highest BCUT2D eigenvalue weighted by molar-refractivity contribution is 9.10. The second-order valence-electron chi connectivity index (χ2n) is 5.17. The third kappa shape index (κ3) is 2.34. The minimum Gasteiger partial charge on any atom is -0.394 e. The first-order valence-corrected chi connectivity index (χ1v) is 7.36. The molecule has 0 amide bonds. The molecule has 0 aliphatic heterocycles. The first-order chi connectivity index (χ1) is 9.63. The van der Waals surface area contributed by atoms with Gasteiger partial charge in [-0.05, 0) is 60.4 Å². The van der Waals surface area contributed by atoms with Crippen molar-refractivity contribution in [2.24, 2.45) is 0 Å². The maximum atomic E-state index is 13.3. The highest BCUT2D eigenvalue weighted by Crippen LogP contribution is 2.39. The third-order valence-corrected chi connectivity index (χ3v) is 4.43. The first kappa shape index (κ1) is 13.6. The molecular formula is C16H15BrFNO. The van der Waals surface area contributed by atoms with Gasteiger partial charge in [0.2, 0.25) is 0 Å². The van der Waals surface area contributed by atoms with E-state index in [1.165, 1.54) is 6.07 Å². The molecule has 0 fully saturated rings. The number of aliphatic hydroxyl groups is 1.